The number of benzene rings is 3. The predicted molar refractivity (Wildman–Crippen MR) is 118 cm³/mol. The summed E-state index contributed by atoms with van der Waals surface area (Å²) in [5.74, 6) is 0. The minimum absolute atomic E-state index is 0.164. The molecule has 1 atom stereocenters. The number of nitrogens with zero attached hydrogens (tertiary/aromatic N) is 1. The maximum absolute atomic E-state index is 5.59. The van der Waals surface area contributed by atoms with Gasteiger partial charge in [-0.1, -0.05) is 77.9 Å². The van der Waals surface area contributed by atoms with Gasteiger partial charge in [0, 0.05) is 19.3 Å². The zero-order valence-corrected chi connectivity index (χ0v) is 16.9. The number of rotatable bonds is 5. The lowest BCUT2D eigenvalue weighted by atomic mass is 9.89. The zero-order chi connectivity index (χ0) is 19.5. The molecule has 0 aliphatic carbocycles. The van der Waals surface area contributed by atoms with E-state index in [1.807, 2.05) is 0 Å². The molecule has 2 heteroatoms. The molecule has 142 valence electrons. The van der Waals surface area contributed by atoms with Gasteiger partial charge in [0.2, 0.25) is 0 Å². The number of methoxy groups -OCH3 is 1. The van der Waals surface area contributed by atoms with Crippen molar-refractivity contribution in [3.8, 4) is 0 Å². The first-order chi connectivity index (χ1) is 13.7. The molecule has 0 spiro atoms. The molecule has 3 aromatic carbocycles. The standard InChI is InChI=1S/C26H27NO/c1-19-8-12-21(13-9-19)17-27-25-7-5-4-6-23(25)16-24(18-28-3)26(27)22-14-10-20(2)11-15-22/h4-16,26H,17-18H2,1-3H3. The first-order valence-electron chi connectivity index (χ1n) is 9.83. The van der Waals surface area contributed by atoms with Gasteiger partial charge in [0.1, 0.15) is 0 Å². The van der Waals surface area contributed by atoms with Crippen molar-refractivity contribution in [2.45, 2.75) is 26.4 Å². The number of hydrogen-bond acceptors (Lipinski definition) is 2. The SMILES string of the molecule is COCC1=Cc2ccccc2N(Cc2ccc(C)cc2)C1c1ccc(C)cc1. The third-order valence-electron chi connectivity index (χ3n) is 5.43. The molecule has 0 aromatic heterocycles. The molecule has 1 aliphatic heterocycles. The summed E-state index contributed by atoms with van der Waals surface area (Å²) in [5.41, 5.74) is 9.00. The van der Waals surface area contributed by atoms with Gasteiger partial charge in [-0.25, -0.2) is 0 Å². The molecule has 0 radical (unpaired) electrons. The highest BCUT2D eigenvalue weighted by molar-refractivity contribution is 5.75. The number of ether oxygens (including phenoxy) is 1. The van der Waals surface area contributed by atoms with Crippen molar-refractivity contribution in [1.82, 2.24) is 0 Å². The molecule has 0 amide bonds. The number of anilines is 1. The Bertz CT molecular complexity index is 970. The van der Waals surface area contributed by atoms with Crippen molar-refractivity contribution < 1.29 is 4.74 Å². The van der Waals surface area contributed by atoms with E-state index in [9.17, 15) is 0 Å². The molecule has 3 aromatic rings. The zero-order valence-electron chi connectivity index (χ0n) is 16.9. The first kappa shape index (κ1) is 18.5. The van der Waals surface area contributed by atoms with Crippen molar-refractivity contribution in [1.29, 1.82) is 0 Å². The van der Waals surface area contributed by atoms with Crippen LogP contribution in [-0.2, 0) is 11.3 Å². The normalized spacial score (nSPS) is 15.9. The summed E-state index contributed by atoms with van der Waals surface area (Å²) in [6.45, 7) is 5.75. The second kappa shape index (κ2) is 8.04. The van der Waals surface area contributed by atoms with Crippen molar-refractivity contribution in [2.75, 3.05) is 18.6 Å². The van der Waals surface area contributed by atoms with Crippen molar-refractivity contribution in [2.24, 2.45) is 0 Å². The summed E-state index contributed by atoms with van der Waals surface area (Å²) < 4.78 is 5.59. The molecular weight excluding hydrogens is 342 g/mol. The summed E-state index contributed by atoms with van der Waals surface area (Å²) in [6.07, 6.45) is 2.30. The fourth-order valence-corrected chi connectivity index (χ4v) is 3.99. The first-order valence-corrected chi connectivity index (χ1v) is 9.83. The Morgan fingerprint density at radius 2 is 1.46 bits per heavy atom. The Balaban J connectivity index is 1.82. The Morgan fingerprint density at radius 3 is 2.14 bits per heavy atom. The monoisotopic (exact) mass is 369 g/mol. The minimum Gasteiger partial charge on any atom is -0.380 e. The fraction of sp³-hybridized carbons (Fsp3) is 0.231. The fourth-order valence-electron chi connectivity index (χ4n) is 3.99. The smallest absolute Gasteiger partial charge is 0.0785 e. The average Bonchev–Trinajstić information content (AvgIpc) is 2.71. The molecule has 1 heterocycles. The van der Waals surface area contributed by atoms with Gasteiger partial charge in [-0.3, -0.25) is 0 Å². The molecule has 1 unspecified atom stereocenters. The second-order valence-electron chi connectivity index (χ2n) is 7.64. The van der Waals surface area contributed by atoms with E-state index in [2.05, 4.69) is 97.6 Å². The number of para-hydroxylation sites is 1. The van der Waals surface area contributed by atoms with Crippen LogP contribution in [0.4, 0.5) is 5.69 Å². The molecule has 0 saturated carbocycles. The second-order valence-corrected chi connectivity index (χ2v) is 7.64. The summed E-state index contributed by atoms with van der Waals surface area (Å²) in [6, 6.07) is 26.6. The van der Waals surface area contributed by atoms with Crippen LogP contribution in [0.15, 0.2) is 78.4 Å². The van der Waals surface area contributed by atoms with E-state index < -0.39 is 0 Å². The Kier molecular flexibility index (Phi) is 5.31. The molecule has 1 aliphatic rings. The highest BCUT2D eigenvalue weighted by Crippen LogP contribution is 2.41. The van der Waals surface area contributed by atoms with E-state index in [4.69, 9.17) is 4.74 Å². The largest absolute Gasteiger partial charge is 0.380 e. The minimum atomic E-state index is 0.164. The van der Waals surface area contributed by atoms with E-state index >= 15 is 0 Å². The molecular formula is C26H27NO. The van der Waals surface area contributed by atoms with Gasteiger partial charge >= 0.3 is 0 Å². The lowest BCUT2D eigenvalue weighted by Crippen LogP contribution is -2.33. The quantitative estimate of drug-likeness (QED) is 0.539. The maximum Gasteiger partial charge on any atom is 0.0785 e. The van der Waals surface area contributed by atoms with Crippen LogP contribution in [-0.4, -0.2) is 13.7 Å². The third kappa shape index (κ3) is 3.74. The number of fused-ring (bicyclic) bond motifs is 1. The molecule has 0 fully saturated rings. The van der Waals surface area contributed by atoms with Crippen LogP contribution in [0.3, 0.4) is 0 Å². The van der Waals surface area contributed by atoms with Gasteiger partial charge in [-0.15, -0.1) is 0 Å². The predicted octanol–water partition coefficient (Wildman–Crippen LogP) is 6.09. The Labute approximate surface area is 168 Å². The third-order valence-corrected chi connectivity index (χ3v) is 5.43. The van der Waals surface area contributed by atoms with E-state index in [0.717, 1.165) is 6.54 Å². The van der Waals surface area contributed by atoms with Crippen LogP contribution in [0.5, 0.6) is 0 Å². The van der Waals surface area contributed by atoms with Crippen LogP contribution in [0.25, 0.3) is 6.08 Å². The lowest BCUT2D eigenvalue weighted by Gasteiger charge is -2.40. The maximum atomic E-state index is 5.59. The topological polar surface area (TPSA) is 12.5 Å². The molecule has 2 nitrogen and oxygen atoms in total. The van der Waals surface area contributed by atoms with E-state index in [1.165, 1.54) is 39.1 Å². The van der Waals surface area contributed by atoms with E-state index in [1.54, 1.807) is 7.11 Å². The molecule has 0 saturated heterocycles. The summed E-state index contributed by atoms with van der Waals surface area (Å²) in [4.78, 5) is 2.51. The molecule has 0 N–H and O–H groups in total. The Morgan fingerprint density at radius 1 is 0.821 bits per heavy atom. The van der Waals surface area contributed by atoms with Gasteiger partial charge < -0.3 is 9.64 Å². The number of hydrogen-bond donors (Lipinski definition) is 0. The van der Waals surface area contributed by atoms with Crippen molar-refractivity contribution in [3.05, 3.63) is 106 Å². The summed E-state index contributed by atoms with van der Waals surface area (Å²) in [5, 5.41) is 0. The molecule has 0 bridgehead atoms. The molecule has 4 rings (SSSR count). The van der Waals surface area contributed by atoms with Crippen molar-refractivity contribution >= 4 is 11.8 Å². The summed E-state index contributed by atoms with van der Waals surface area (Å²) >= 11 is 0. The van der Waals surface area contributed by atoms with Crippen LogP contribution >= 0.6 is 0 Å². The highest BCUT2D eigenvalue weighted by Gasteiger charge is 2.29. The van der Waals surface area contributed by atoms with Gasteiger partial charge in [0.25, 0.3) is 0 Å². The van der Waals surface area contributed by atoms with Crippen molar-refractivity contribution in [3.63, 3.8) is 0 Å². The van der Waals surface area contributed by atoms with Gasteiger partial charge in [-0.2, -0.15) is 0 Å². The van der Waals surface area contributed by atoms with Crippen LogP contribution < -0.4 is 4.90 Å². The van der Waals surface area contributed by atoms with Crippen LogP contribution in [0, 0.1) is 13.8 Å². The average molecular weight is 370 g/mol. The number of aryl methyl sites for hydroxylation is 2. The van der Waals surface area contributed by atoms with E-state index in [0.29, 0.717) is 6.61 Å². The van der Waals surface area contributed by atoms with Gasteiger partial charge in [-0.05, 0) is 48.3 Å². The lowest BCUT2D eigenvalue weighted by molar-refractivity contribution is 0.220. The highest BCUT2D eigenvalue weighted by atomic mass is 16.5. The molecule has 28 heavy (non-hydrogen) atoms. The van der Waals surface area contributed by atoms with Gasteiger partial charge in [0.05, 0.1) is 12.6 Å². The van der Waals surface area contributed by atoms with Crippen LogP contribution in [0.1, 0.15) is 33.9 Å². The van der Waals surface area contributed by atoms with E-state index in [-0.39, 0.29) is 6.04 Å². The van der Waals surface area contributed by atoms with Gasteiger partial charge in [0.15, 0.2) is 0 Å². The van der Waals surface area contributed by atoms with Crippen LogP contribution in [0.2, 0.25) is 0 Å². The Hall–Kier alpha value is -2.84. The summed E-state index contributed by atoms with van der Waals surface area (Å²) in [7, 11) is 1.78.